The van der Waals surface area contributed by atoms with Gasteiger partial charge < -0.3 is 15.4 Å². The largest absolute Gasteiger partial charge is 0.383 e. The third-order valence-electron chi connectivity index (χ3n) is 1.87. The number of hydrogen-bond donors (Lipinski definition) is 2. The fraction of sp³-hybridized carbons (Fsp3) is 0.500. The average Bonchev–Trinajstić information content (AvgIpc) is 2.66. The molecule has 1 rings (SSSR count). The summed E-state index contributed by atoms with van der Waals surface area (Å²) in [6.45, 7) is 2.43. The van der Waals surface area contributed by atoms with Crippen LogP contribution in [0.4, 0.5) is 5.00 Å². The molecular formula is C10H17ClN2O2S. The lowest BCUT2D eigenvalue weighted by Gasteiger charge is -2.11. The van der Waals surface area contributed by atoms with E-state index in [0.29, 0.717) is 11.5 Å². The first-order chi connectivity index (χ1) is 7.17. The smallest absolute Gasteiger partial charge is 0.261 e. The summed E-state index contributed by atoms with van der Waals surface area (Å²) in [6.07, 6.45) is 0. The second-order valence-corrected chi connectivity index (χ2v) is 4.33. The lowest BCUT2D eigenvalue weighted by molar-refractivity contribution is 0.0909. The van der Waals surface area contributed by atoms with E-state index < -0.39 is 0 Å². The molecule has 92 valence electrons. The summed E-state index contributed by atoms with van der Waals surface area (Å²) in [6, 6.07) is 3.73. The minimum absolute atomic E-state index is 0. The Morgan fingerprint density at radius 3 is 2.75 bits per heavy atom. The predicted molar refractivity (Wildman–Crippen MR) is 69.9 cm³/mol. The van der Waals surface area contributed by atoms with Crippen LogP contribution in [0.15, 0.2) is 12.1 Å². The zero-order chi connectivity index (χ0) is 11.3. The number of halogens is 1. The van der Waals surface area contributed by atoms with E-state index >= 15 is 0 Å². The highest BCUT2D eigenvalue weighted by Gasteiger charge is 2.11. The number of methoxy groups -OCH3 is 1. The summed E-state index contributed by atoms with van der Waals surface area (Å²) < 4.78 is 4.94. The monoisotopic (exact) mass is 264 g/mol. The highest BCUT2D eigenvalue weighted by Crippen LogP contribution is 2.20. The number of thiophene rings is 1. The normalized spacial score (nSPS) is 11.4. The third kappa shape index (κ3) is 4.38. The summed E-state index contributed by atoms with van der Waals surface area (Å²) in [7, 11) is 3.45. The summed E-state index contributed by atoms with van der Waals surface area (Å²) in [5, 5.41) is 6.83. The van der Waals surface area contributed by atoms with E-state index in [1.54, 1.807) is 7.11 Å². The first kappa shape index (κ1) is 15.2. The summed E-state index contributed by atoms with van der Waals surface area (Å²) >= 11 is 1.44. The van der Waals surface area contributed by atoms with Crippen LogP contribution in [0.2, 0.25) is 0 Å². The standard InChI is InChI=1S/C10H16N2O2S.ClH/c1-7(6-14-3)12-10(13)8-4-5-9(11-2)15-8;/h4-5,7,11H,6H2,1-3H3,(H,12,13);1H/t7-;/m1./s1. The van der Waals surface area contributed by atoms with Gasteiger partial charge in [-0.1, -0.05) is 0 Å². The predicted octanol–water partition coefficient (Wildman–Crippen LogP) is 1.98. The number of hydrogen-bond acceptors (Lipinski definition) is 4. The Labute approximate surface area is 106 Å². The first-order valence-corrected chi connectivity index (χ1v) is 5.56. The van der Waals surface area contributed by atoms with E-state index in [-0.39, 0.29) is 24.4 Å². The number of carbonyl (C=O) groups is 1. The molecule has 0 fully saturated rings. The van der Waals surface area contributed by atoms with Crippen molar-refractivity contribution >= 4 is 34.7 Å². The molecule has 0 saturated carbocycles. The molecule has 0 radical (unpaired) electrons. The maximum atomic E-state index is 11.7. The molecule has 0 spiro atoms. The Hall–Kier alpha value is -0.780. The number of carbonyl (C=O) groups excluding carboxylic acids is 1. The fourth-order valence-electron chi connectivity index (χ4n) is 1.18. The molecule has 0 aliphatic heterocycles. The zero-order valence-electron chi connectivity index (χ0n) is 9.57. The molecule has 1 amide bonds. The van der Waals surface area contributed by atoms with Crippen molar-refractivity contribution in [2.45, 2.75) is 13.0 Å². The Morgan fingerprint density at radius 2 is 2.25 bits per heavy atom. The third-order valence-corrected chi connectivity index (χ3v) is 2.97. The molecule has 0 aliphatic carbocycles. The van der Waals surface area contributed by atoms with Gasteiger partial charge in [0, 0.05) is 20.2 Å². The molecule has 0 unspecified atom stereocenters. The van der Waals surface area contributed by atoms with E-state index in [2.05, 4.69) is 10.6 Å². The highest BCUT2D eigenvalue weighted by molar-refractivity contribution is 7.17. The average molecular weight is 265 g/mol. The molecule has 6 heteroatoms. The molecule has 2 N–H and O–H groups in total. The van der Waals surface area contributed by atoms with E-state index in [4.69, 9.17) is 4.74 Å². The number of rotatable bonds is 5. The van der Waals surface area contributed by atoms with Crippen LogP contribution >= 0.6 is 23.7 Å². The fourth-order valence-corrected chi connectivity index (χ4v) is 1.94. The van der Waals surface area contributed by atoms with Crippen molar-refractivity contribution in [2.75, 3.05) is 26.1 Å². The maximum Gasteiger partial charge on any atom is 0.261 e. The molecule has 0 saturated heterocycles. The van der Waals surface area contributed by atoms with Crippen LogP contribution in [0.5, 0.6) is 0 Å². The van der Waals surface area contributed by atoms with E-state index in [9.17, 15) is 4.79 Å². The molecule has 0 aromatic carbocycles. The Balaban J connectivity index is 0.00000225. The van der Waals surface area contributed by atoms with Gasteiger partial charge in [-0.3, -0.25) is 4.79 Å². The Kier molecular flexibility index (Phi) is 7.12. The van der Waals surface area contributed by atoms with E-state index in [1.165, 1.54) is 11.3 Å². The molecule has 4 nitrogen and oxygen atoms in total. The van der Waals surface area contributed by atoms with E-state index in [0.717, 1.165) is 5.00 Å². The van der Waals surface area contributed by atoms with Crippen molar-refractivity contribution < 1.29 is 9.53 Å². The lowest BCUT2D eigenvalue weighted by atomic mass is 10.3. The number of ether oxygens (including phenoxy) is 1. The summed E-state index contributed by atoms with van der Waals surface area (Å²) in [5.74, 6) is -0.0500. The SMILES string of the molecule is CNc1ccc(C(=O)N[C@H](C)COC)s1.Cl. The quantitative estimate of drug-likeness (QED) is 0.855. The van der Waals surface area contributed by atoms with Crippen LogP contribution in [-0.4, -0.2) is 32.7 Å². The highest BCUT2D eigenvalue weighted by atomic mass is 35.5. The van der Waals surface area contributed by atoms with Gasteiger partial charge in [-0.15, -0.1) is 23.7 Å². The van der Waals surface area contributed by atoms with Crippen LogP contribution < -0.4 is 10.6 Å². The molecule has 1 aromatic rings. The first-order valence-electron chi connectivity index (χ1n) is 4.74. The molecule has 0 aliphatic rings. The topological polar surface area (TPSA) is 50.4 Å². The second kappa shape index (κ2) is 7.49. The molecule has 1 aromatic heterocycles. The minimum Gasteiger partial charge on any atom is -0.383 e. The molecular weight excluding hydrogens is 248 g/mol. The van der Waals surface area contributed by atoms with E-state index in [1.807, 2.05) is 26.1 Å². The van der Waals surface area contributed by atoms with Crippen LogP contribution in [-0.2, 0) is 4.74 Å². The van der Waals surface area contributed by atoms with Gasteiger partial charge in [0.25, 0.3) is 5.91 Å². The van der Waals surface area contributed by atoms with Crippen molar-refractivity contribution in [2.24, 2.45) is 0 Å². The van der Waals surface area contributed by atoms with Gasteiger partial charge in [0.15, 0.2) is 0 Å². The zero-order valence-corrected chi connectivity index (χ0v) is 11.2. The van der Waals surface area contributed by atoms with Gasteiger partial charge in [0.05, 0.1) is 16.5 Å². The van der Waals surface area contributed by atoms with Gasteiger partial charge in [0.1, 0.15) is 0 Å². The summed E-state index contributed by atoms with van der Waals surface area (Å²) in [5.41, 5.74) is 0. The van der Waals surface area contributed by atoms with Crippen LogP contribution in [0.1, 0.15) is 16.6 Å². The minimum atomic E-state index is -0.0500. The molecule has 16 heavy (non-hydrogen) atoms. The molecule has 1 heterocycles. The molecule has 1 atom stereocenters. The second-order valence-electron chi connectivity index (χ2n) is 3.24. The number of nitrogens with one attached hydrogen (secondary N) is 2. The Morgan fingerprint density at radius 1 is 1.56 bits per heavy atom. The molecule has 0 bridgehead atoms. The van der Waals surface area contributed by atoms with Crippen molar-refractivity contribution in [3.05, 3.63) is 17.0 Å². The van der Waals surface area contributed by atoms with Gasteiger partial charge >= 0.3 is 0 Å². The van der Waals surface area contributed by atoms with Crippen LogP contribution in [0, 0.1) is 0 Å². The van der Waals surface area contributed by atoms with Crippen molar-refractivity contribution in [1.29, 1.82) is 0 Å². The number of anilines is 1. The number of amides is 1. The van der Waals surface area contributed by atoms with Crippen molar-refractivity contribution in [3.8, 4) is 0 Å². The maximum absolute atomic E-state index is 11.7. The van der Waals surface area contributed by atoms with Gasteiger partial charge in [-0.25, -0.2) is 0 Å². The summed E-state index contributed by atoms with van der Waals surface area (Å²) in [4.78, 5) is 12.4. The van der Waals surface area contributed by atoms with Crippen molar-refractivity contribution in [3.63, 3.8) is 0 Å². The van der Waals surface area contributed by atoms with Crippen LogP contribution in [0.25, 0.3) is 0 Å². The Bertz CT molecular complexity index is 330. The lowest BCUT2D eigenvalue weighted by Crippen LogP contribution is -2.35. The van der Waals surface area contributed by atoms with Gasteiger partial charge in [-0.2, -0.15) is 0 Å². The van der Waals surface area contributed by atoms with Crippen molar-refractivity contribution in [1.82, 2.24) is 5.32 Å². The van der Waals surface area contributed by atoms with Gasteiger partial charge in [0.2, 0.25) is 0 Å². The van der Waals surface area contributed by atoms with Crippen LogP contribution in [0.3, 0.4) is 0 Å². The van der Waals surface area contributed by atoms with Gasteiger partial charge in [-0.05, 0) is 19.1 Å².